The number of hydrogen-bond donors (Lipinski definition) is 2. The number of aryl methyl sites for hydroxylation is 2. The Kier molecular flexibility index (Phi) is 7.82. The van der Waals surface area contributed by atoms with Crippen LogP contribution in [0.5, 0.6) is 5.75 Å². The van der Waals surface area contributed by atoms with E-state index in [-0.39, 0.29) is 0 Å². The van der Waals surface area contributed by atoms with E-state index in [0.29, 0.717) is 29.2 Å². The molecule has 0 amide bonds. The van der Waals surface area contributed by atoms with Crippen LogP contribution < -0.4 is 10.1 Å². The quantitative estimate of drug-likeness (QED) is 0.455. The second-order valence-corrected chi connectivity index (χ2v) is 7.53. The van der Waals surface area contributed by atoms with E-state index in [1.807, 2.05) is 18.2 Å². The maximum atomic E-state index is 12.3. The number of pyridine rings is 1. The lowest BCUT2D eigenvalue weighted by Gasteiger charge is -2.23. The molecule has 1 atom stereocenters. The van der Waals surface area contributed by atoms with Crippen LogP contribution in [0.2, 0.25) is 0 Å². The SMILES string of the molecule is CCCc1cc(CC)cc([C@@H](Nc2ccc(C#N)cc2)C(=O)O)c1OCc1cccnc1. The Morgan fingerprint density at radius 3 is 2.56 bits per heavy atom. The molecule has 2 aromatic carbocycles. The van der Waals surface area contributed by atoms with Crippen LogP contribution in [0, 0.1) is 11.3 Å². The van der Waals surface area contributed by atoms with Gasteiger partial charge < -0.3 is 15.2 Å². The van der Waals surface area contributed by atoms with Gasteiger partial charge in [-0.1, -0.05) is 32.4 Å². The van der Waals surface area contributed by atoms with Crippen LogP contribution in [-0.2, 0) is 24.2 Å². The van der Waals surface area contributed by atoms with Crippen molar-refractivity contribution >= 4 is 11.7 Å². The van der Waals surface area contributed by atoms with Crippen LogP contribution in [0.15, 0.2) is 60.9 Å². The van der Waals surface area contributed by atoms with Gasteiger partial charge in [0.2, 0.25) is 0 Å². The fourth-order valence-electron chi connectivity index (χ4n) is 3.55. The molecular weight excluding hydrogens is 402 g/mol. The molecule has 1 aromatic heterocycles. The fraction of sp³-hybridized carbons (Fsp3) is 0.269. The van der Waals surface area contributed by atoms with E-state index in [9.17, 15) is 9.90 Å². The van der Waals surface area contributed by atoms with Crippen molar-refractivity contribution in [3.63, 3.8) is 0 Å². The number of ether oxygens (including phenoxy) is 1. The van der Waals surface area contributed by atoms with Crippen LogP contribution in [0.1, 0.15) is 54.1 Å². The largest absolute Gasteiger partial charge is 0.488 e. The van der Waals surface area contributed by atoms with Crippen molar-refractivity contribution in [3.8, 4) is 11.8 Å². The highest BCUT2D eigenvalue weighted by Gasteiger charge is 2.26. The summed E-state index contributed by atoms with van der Waals surface area (Å²) in [7, 11) is 0. The van der Waals surface area contributed by atoms with Crippen molar-refractivity contribution in [2.45, 2.75) is 45.8 Å². The molecule has 0 spiro atoms. The van der Waals surface area contributed by atoms with Crippen molar-refractivity contribution in [2.24, 2.45) is 0 Å². The molecule has 0 radical (unpaired) electrons. The third-order valence-electron chi connectivity index (χ3n) is 5.17. The van der Waals surface area contributed by atoms with Gasteiger partial charge in [-0.15, -0.1) is 0 Å². The van der Waals surface area contributed by atoms with Gasteiger partial charge in [0.15, 0.2) is 6.04 Å². The molecule has 0 fully saturated rings. The van der Waals surface area contributed by atoms with Gasteiger partial charge in [-0.25, -0.2) is 4.79 Å². The molecule has 0 bridgehead atoms. The Labute approximate surface area is 188 Å². The molecule has 6 heteroatoms. The third-order valence-corrected chi connectivity index (χ3v) is 5.17. The minimum atomic E-state index is -1.01. The van der Waals surface area contributed by atoms with Gasteiger partial charge >= 0.3 is 5.97 Å². The summed E-state index contributed by atoms with van der Waals surface area (Å²) in [6.45, 7) is 4.44. The second-order valence-electron chi connectivity index (χ2n) is 7.53. The average Bonchev–Trinajstić information content (AvgIpc) is 2.82. The number of benzene rings is 2. The molecule has 0 aliphatic rings. The summed E-state index contributed by atoms with van der Waals surface area (Å²) in [5.74, 6) is -0.405. The van der Waals surface area contributed by atoms with Crippen molar-refractivity contribution in [2.75, 3.05) is 5.32 Å². The molecular formula is C26H27N3O3. The Morgan fingerprint density at radius 1 is 1.19 bits per heavy atom. The number of carboxylic acids is 1. The molecule has 0 saturated heterocycles. The van der Waals surface area contributed by atoms with E-state index >= 15 is 0 Å². The normalized spacial score (nSPS) is 11.4. The smallest absolute Gasteiger partial charge is 0.330 e. The second kappa shape index (κ2) is 11.0. The van der Waals surface area contributed by atoms with Crippen LogP contribution in [0.4, 0.5) is 5.69 Å². The van der Waals surface area contributed by atoms with Gasteiger partial charge in [0, 0.05) is 29.2 Å². The number of aliphatic carboxylic acids is 1. The van der Waals surface area contributed by atoms with E-state index in [1.165, 1.54) is 0 Å². The molecule has 0 unspecified atom stereocenters. The number of nitrogens with one attached hydrogen (secondary N) is 1. The van der Waals surface area contributed by atoms with Crippen molar-refractivity contribution in [1.29, 1.82) is 5.26 Å². The summed E-state index contributed by atoms with van der Waals surface area (Å²) in [5, 5.41) is 22.2. The van der Waals surface area contributed by atoms with Gasteiger partial charge in [0.1, 0.15) is 12.4 Å². The Morgan fingerprint density at radius 2 is 1.97 bits per heavy atom. The zero-order valence-corrected chi connectivity index (χ0v) is 18.3. The highest BCUT2D eigenvalue weighted by Crippen LogP contribution is 2.35. The molecule has 0 saturated carbocycles. The average molecular weight is 430 g/mol. The first kappa shape index (κ1) is 22.8. The predicted molar refractivity (Wildman–Crippen MR) is 124 cm³/mol. The summed E-state index contributed by atoms with van der Waals surface area (Å²) in [4.78, 5) is 16.5. The lowest BCUT2D eigenvalue weighted by atomic mass is 9.95. The van der Waals surface area contributed by atoms with Gasteiger partial charge in [0.05, 0.1) is 11.6 Å². The number of anilines is 1. The highest BCUT2D eigenvalue weighted by molar-refractivity contribution is 5.81. The number of nitrogens with zero attached hydrogens (tertiary/aromatic N) is 2. The van der Waals surface area contributed by atoms with E-state index in [4.69, 9.17) is 10.00 Å². The number of hydrogen-bond acceptors (Lipinski definition) is 5. The summed E-state index contributed by atoms with van der Waals surface area (Å²) in [6, 6.07) is 15.6. The van der Waals surface area contributed by atoms with Gasteiger partial charge in [-0.3, -0.25) is 4.98 Å². The molecule has 3 aromatic rings. The molecule has 32 heavy (non-hydrogen) atoms. The maximum Gasteiger partial charge on any atom is 0.330 e. The first-order valence-electron chi connectivity index (χ1n) is 10.7. The lowest BCUT2D eigenvalue weighted by Crippen LogP contribution is -2.22. The summed E-state index contributed by atoms with van der Waals surface area (Å²) in [6.07, 6.45) is 5.93. The monoisotopic (exact) mass is 429 g/mol. The first-order chi connectivity index (χ1) is 15.5. The minimum Gasteiger partial charge on any atom is -0.488 e. The van der Waals surface area contributed by atoms with Gasteiger partial charge in [0.25, 0.3) is 0 Å². The van der Waals surface area contributed by atoms with Gasteiger partial charge in [-0.2, -0.15) is 5.26 Å². The number of carboxylic acid groups (broad SMARTS) is 1. The standard InChI is InChI=1S/C26H27N3O3/c1-3-6-21-13-18(4-2)14-23(25(21)32-17-20-7-5-12-28-16-20)24(26(30)31)29-22-10-8-19(15-27)9-11-22/h5,7-14,16,24,29H,3-4,6,17H2,1-2H3,(H,30,31)/t24-/m1/s1. The van der Waals surface area contributed by atoms with Crippen LogP contribution >= 0.6 is 0 Å². The summed E-state index contributed by atoms with van der Waals surface area (Å²) >= 11 is 0. The Balaban J connectivity index is 2.03. The molecule has 2 N–H and O–H groups in total. The predicted octanol–water partition coefficient (Wildman–Crippen LogP) is 5.28. The van der Waals surface area contributed by atoms with Crippen LogP contribution in [-0.4, -0.2) is 16.1 Å². The molecule has 0 aliphatic heterocycles. The Hall–Kier alpha value is -3.85. The van der Waals surface area contributed by atoms with E-state index in [2.05, 4.69) is 36.3 Å². The van der Waals surface area contributed by atoms with E-state index < -0.39 is 12.0 Å². The van der Waals surface area contributed by atoms with Crippen molar-refractivity contribution in [3.05, 3.63) is 88.7 Å². The van der Waals surface area contributed by atoms with Crippen LogP contribution in [0.3, 0.4) is 0 Å². The minimum absolute atomic E-state index is 0.298. The zero-order chi connectivity index (χ0) is 22.9. The summed E-state index contributed by atoms with van der Waals surface area (Å²) in [5.41, 5.74) is 4.69. The first-order valence-corrected chi connectivity index (χ1v) is 10.7. The molecule has 0 aliphatic carbocycles. The number of carbonyl (C=O) groups is 1. The highest BCUT2D eigenvalue weighted by atomic mass is 16.5. The van der Waals surface area contributed by atoms with Crippen molar-refractivity contribution in [1.82, 2.24) is 4.98 Å². The Bertz CT molecular complexity index is 1090. The number of nitriles is 1. The topological polar surface area (TPSA) is 95.2 Å². The fourth-order valence-corrected chi connectivity index (χ4v) is 3.55. The maximum absolute atomic E-state index is 12.3. The lowest BCUT2D eigenvalue weighted by molar-refractivity contribution is -0.138. The third kappa shape index (κ3) is 5.64. The van der Waals surface area contributed by atoms with E-state index in [1.54, 1.807) is 36.7 Å². The zero-order valence-electron chi connectivity index (χ0n) is 18.3. The summed E-state index contributed by atoms with van der Waals surface area (Å²) < 4.78 is 6.23. The molecule has 1 heterocycles. The van der Waals surface area contributed by atoms with Crippen molar-refractivity contribution < 1.29 is 14.6 Å². The molecule has 3 rings (SSSR count). The molecule has 164 valence electrons. The molecule has 6 nitrogen and oxygen atoms in total. The van der Waals surface area contributed by atoms with Gasteiger partial charge in [-0.05, 0) is 60.4 Å². The van der Waals surface area contributed by atoms with Crippen LogP contribution in [0.25, 0.3) is 0 Å². The number of rotatable bonds is 10. The van der Waals surface area contributed by atoms with E-state index in [0.717, 1.165) is 36.0 Å². The number of aromatic nitrogens is 1.